The van der Waals surface area contributed by atoms with E-state index in [2.05, 4.69) is 10.3 Å². The number of thiazole rings is 1. The van der Waals surface area contributed by atoms with Crippen LogP contribution in [0.15, 0.2) is 5.38 Å². The van der Waals surface area contributed by atoms with Gasteiger partial charge >= 0.3 is 5.97 Å². The number of nitrogens with one attached hydrogen (secondary N) is 1. The Labute approximate surface area is 116 Å². The predicted octanol–water partition coefficient (Wildman–Crippen LogP) is 1.31. The molecule has 0 radical (unpaired) electrons. The van der Waals surface area contributed by atoms with Crippen molar-refractivity contribution in [2.24, 2.45) is 5.73 Å². The normalized spacial score (nSPS) is 11.1. The summed E-state index contributed by atoms with van der Waals surface area (Å²) in [5, 5.41) is 5.43. The van der Waals surface area contributed by atoms with E-state index in [1.54, 1.807) is 20.8 Å². The summed E-state index contributed by atoms with van der Waals surface area (Å²) in [5.74, 6) is -0.682. The molecular formula is C12H19N3O3S. The first kappa shape index (κ1) is 15.4. The monoisotopic (exact) mass is 285 g/mol. The van der Waals surface area contributed by atoms with Crippen LogP contribution in [0.4, 0.5) is 5.13 Å². The molecular weight excluding hydrogens is 266 g/mol. The van der Waals surface area contributed by atoms with Gasteiger partial charge in [-0.15, -0.1) is 11.3 Å². The van der Waals surface area contributed by atoms with E-state index < -0.39 is 11.4 Å². The minimum absolute atomic E-state index is 0.234. The van der Waals surface area contributed by atoms with Crippen LogP contribution in [0.5, 0.6) is 0 Å². The van der Waals surface area contributed by atoms with Crippen molar-refractivity contribution < 1.29 is 14.3 Å². The molecule has 1 amide bonds. The van der Waals surface area contributed by atoms with Crippen LogP contribution < -0.4 is 11.1 Å². The topological polar surface area (TPSA) is 94.3 Å². The Bertz CT molecular complexity index is 457. The van der Waals surface area contributed by atoms with Gasteiger partial charge in [0.05, 0.1) is 18.7 Å². The first-order chi connectivity index (χ1) is 8.85. The van der Waals surface area contributed by atoms with Crippen LogP contribution in [-0.2, 0) is 20.7 Å². The Morgan fingerprint density at radius 2 is 2.21 bits per heavy atom. The fourth-order valence-electron chi connectivity index (χ4n) is 1.27. The van der Waals surface area contributed by atoms with E-state index in [4.69, 9.17) is 10.5 Å². The Kier molecular flexibility index (Phi) is 5.29. The van der Waals surface area contributed by atoms with Crippen LogP contribution >= 0.6 is 11.3 Å². The molecule has 0 saturated heterocycles. The smallest absolute Gasteiger partial charge is 0.306 e. The summed E-state index contributed by atoms with van der Waals surface area (Å²) in [7, 11) is 0. The lowest BCUT2D eigenvalue weighted by atomic mass is 10.1. The maximum absolute atomic E-state index is 11.2. The quantitative estimate of drug-likeness (QED) is 0.737. The Hall–Kier alpha value is -1.63. The Balaban J connectivity index is 2.53. The van der Waals surface area contributed by atoms with Crippen molar-refractivity contribution in [3.63, 3.8) is 0 Å². The minimum Gasteiger partial charge on any atom is -0.466 e. The van der Waals surface area contributed by atoms with Crippen LogP contribution in [0.1, 0.15) is 32.9 Å². The number of amides is 1. The van der Waals surface area contributed by atoms with Crippen molar-refractivity contribution in [1.82, 2.24) is 4.98 Å². The maximum atomic E-state index is 11.2. The Morgan fingerprint density at radius 3 is 2.79 bits per heavy atom. The van der Waals surface area contributed by atoms with Crippen molar-refractivity contribution in [1.29, 1.82) is 0 Å². The molecule has 1 aromatic heterocycles. The standard InChI is InChI=1S/C12H19N3O3S/c1-4-18-9(16)6-5-8-7-19-11(14-8)15-12(2,3)10(13)17/h7H,4-6H2,1-3H3,(H2,13,17)(H,14,15). The number of aromatic nitrogens is 1. The van der Waals surface area contributed by atoms with E-state index in [1.165, 1.54) is 11.3 Å². The molecule has 0 bridgehead atoms. The molecule has 0 aliphatic carbocycles. The number of nitrogens with two attached hydrogens (primary N) is 1. The molecule has 1 aromatic rings. The summed E-state index contributed by atoms with van der Waals surface area (Å²) in [6, 6.07) is 0. The van der Waals surface area contributed by atoms with Gasteiger partial charge in [0.25, 0.3) is 0 Å². The fraction of sp³-hybridized carbons (Fsp3) is 0.583. The number of hydrogen-bond acceptors (Lipinski definition) is 6. The molecule has 7 heteroatoms. The number of carbonyl (C=O) groups is 2. The molecule has 0 aromatic carbocycles. The number of rotatable bonds is 7. The van der Waals surface area contributed by atoms with Crippen molar-refractivity contribution in [2.75, 3.05) is 11.9 Å². The second kappa shape index (κ2) is 6.51. The molecule has 0 aliphatic rings. The maximum Gasteiger partial charge on any atom is 0.306 e. The molecule has 0 spiro atoms. The van der Waals surface area contributed by atoms with E-state index in [1.807, 2.05) is 5.38 Å². The number of anilines is 1. The van der Waals surface area contributed by atoms with Crippen molar-refractivity contribution in [3.05, 3.63) is 11.1 Å². The molecule has 1 rings (SSSR count). The molecule has 106 valence electrons. The first-order valence-corrected chi connectivity index (χ1v) is 6.91. The van der Waals surface area contributed by atoms with E-state index in [0.29, 0.717) is 24.6 Å². The summed E-state index contributed by atoms with van der Waals surface area (Å²) in [6.45, 7) is 5.54. The highest BCUT2D eigenvalue weighted by molar-refractivity contribution is 7.13. The molecule has 0 saturated carbocycles. The first-order valence-electron chi connectivity index (χ1n) is 6.03. The van der Waals surface area contributed by atoms with Crippen LogP contribution in [0.25, 0.3) is 0 Å². The van der Waals surface area contributed by atoms with Crippen LogP contribution in [0.2, 0.25) is 0 Å². The van der Waals surface area contributed by atoms with E-state index >= 15 is 0 Å². The average Bonchev–Trinajstić information content (AvgIpc) is 2.73. The number of primary amides is 1. The molecule has 3 N–H and O–H groups in total. The van der Waals surface area contributed by atoms with Gasteiger partial charge in [-0.2, -0.15) is 0 Å². The number of nitrogens with zero attached hydrogens (tertiary/aromatic N) is 1. The van der Waals surface area contributed by atoms with Gasteiger partial charge in [0.15, 0.2) is 5.13 Å². The van der Waals surface area contributed by atoms with Gasteiger partial charge in [-0.1, -0.05) is 0 Å². The number of aryl methyl sites for hydroxylation is 1. The SMILES string of the molecule is CCOC(=O)CCc1csc(NC(C)(C)C(N)=O)n1. The summed E-state index contributed by atoms with van der Waals surface area (Å²) in [5.41, 5.74) is 5.21. The number of hydrogen-bond donors (Lipinski definition) is 2. The largest absolute Gasteiger partial charge is 0.466 e. The van der Waals surface area contributed by atoms with Crippen LogP contribution in [0.3, 0.4) is 0 Å². The van der Waals surface area contributed by atoms with Gasteiger partial charge in [-0.3, -0.25) is 9.59 Å². The molecule has 19 heavy (non-hydrogen) atoms. The number of ether oxygens (including phenoxy) is 1. The zero-order chi connectivity index (χ0) is 14.5. The molecule has 0 unspecified atom stereocenters. The zero-order valence-corrected chi connectivity index (χ0v) is 12.2. The third kappa shape index (κ3) is 4.86. The zero-order valence-electron chi connectivity index (χ0n) is 11.4. The number of carbonyl (C=O) groups excluding carboxylic acids is 2. The summed E-state index contributed by atoms with van der Waals surface area (Å²) >= 11 is 1.38. The second-order valence-electron chi connectivity index (χ2n) is 4.56. The number of esters is 1. The van der Waals surface area contributed by atoms with Crippen molar-refractivity contribution >= 4 is 28.3 Å². The lowest BCUT2D eigenvalue weighted by molar-refractivity contribution is -0.143. The van der Waals surface area contributed by atoms with Crippen LogP contribution in [-0.4, -0.2) is 29.0 Å². The molecule has 1 heterocycles. The third-order valence-corrected chi connectivity index (χ3v) is 3.28. The highest BCUT2D eigenvalue weighted by Crippen LogP contribution is 2.20. The van der Waals surface area contributed by atoms with Gasteiger partial charge in [-0.05, 0) is 20.8 Å². The van der Waals surface area contributed by atoms with Gasteiger partial charge in [0.2, 0.25) is 5.91 Å². The van der Waals surface area contributed by atoms with Gasteiger partial charge < -0.3 is 15.8 Å². The summed E-state index contributed by atoms with van der Waals surface area (Å²) in [6.07, 6.45) is 0.824. The summed E-state index contributed by atoms with van der Waals surface area (Å²) in [4.78, 5) is 26.7. The highest BCUT2D eigenvalue weighted by atomic mass is 32.1. The lowest BCUT2D eigenvalue weighted by Crippen LogP contribution is -2.44. The Morgan fingerprint density at radius 1 is 1.53 bits per heavy atom. The minimum atomic E-state index is -0.851. The van der Waals surface area contributed by atoms with E-state index in [9.17, 15) is 9.59 Å². The van der Waals surface area contributed by atoms with Gasteiger partial charge in [-0.25, -0.2) is 4.98 Å². The molecule has 0 aliphatic heterocycles. The molecule has 0 fully saturated rings. The van der Waals surface area contributed by atoms with Gasteiger partial charge in [0, 0.05) is 11.8 Å². The third-order valence-electron chi connectivity index (χ3n) is 2.48. The summed E-state index contributed by atoms with van der Waals surface area (Å²) < 4.78 is 4.84. The molecule has 6 nitrogen and oxygen atoms in total. The fourth-order valence-corrected chi connectivity index (χ4v) is 2.17. The van der Waals surface area contributed by atoms with Gasteiger partial charge in [0.1, 0.15) is 5.54 Å². The predicted molar refractivity (Wildman–Crippen MR) is 74.0 cm³/mol. The van der Waals surface area contributed by atoms with Crippen LogP contribution in [0, 0.1) is 0 Å². The van der Waals surface area contributed by atoms with E-state index in [-0.39, 0.29) is 5.97 Å². The van der Waals surface area contributed by atoms with E-state index in [0.717, 1.165) is 5.69 Å². The van der Waals surface area contributed by atoms with Crippen molar-refractivity contribution in [3.8, 4) is 0 Å². The highest BCUT2D eigenvalue weighted by Gasteiger charge is 2.25. The molecule has 0 atom stereocenters. The van der Waals surface area contributed by atoms with Crippen molar-refractivity contribution in [2.45, 2.75) is 39.2 Å². The second-order valence-corrected chi connectivity index (χ2v) is 5.42. The average molecular weight is 285 g/mol. The lowest BCUT2D eigenvalue weighted by Gasteiger charge is -2.21.